The van der Waals surface area contributed by atoms with Gasteiger partial charge in [-0.05, 0) is 29.8 Å². The van der Waals surface area contributed by atoms with Gasteiger partial charge >= 0.3 is 0 Å². The predicted octanol–water partition coefficient (Wildman–Crippen LogP) is 2.65. The summed E-state index contributed by atoms with van der Waals surface area (Å²) in [4.78, 5) is 22.7. The van der Waals surface area contributed by atoms with Gasteiger partial charge in [0.25, 0.3) is 5.56 Å². The highest BCUT2D eigenvalue weighted by molar-refractivity contribution is 5.75. The van der Waals surface area contributed by atoms with Crippen LogP contribution in [0.3, 0.4) is 0 Å². The number of hydrogen-bond donors (Lipinski definition) is 1. The molecule has 0 atom stereocenters. The molecular formula is C16H12N2O2. The summed E-state index contributed by atoms with van der Waals surface area (Å²) in [6.45, 7) is 0. The van der Waals surface area contributed by atoms with Gasteiger partial charge in [-0.2, -0.15) is 0 Å². The molecule has 4 heteroatoms. The zero-order valence-electron chi connectivity index (χ0n) is 10.6. The highest BCUT2D eigenvalue weighted by Gasteiger charge is 2.06. The maximum atomic E-state index is 12.0. The molecule has 0 aliphatic rings. The van der Waals surface area contributed by atoms with Crippen molar-refractivity contribution in [2.75, 3.05) is 0 Å². The van der Waals surface area contributed by atoms with Crippen molar-refractivity contribution in [2.24, 2.45) is 0 Å². The number of carbonyl (C=O) groups excluding carboxylic acids is 1. The van der Waals surface area contributed by atoms with E-state index in [1.807, 2.05) is 30.3 Å². The number of H-pyrrole nitrogens is 1. The van der Waals surface area contributed by atoms with E-state index in [4.69, 9.17) is 0 Å². The molecule has 0 saturated carbocycles. The summed E-state index contributed by atoms with van der Waals surface area (Å²) in [5.74, 6) is 0. The lowest BCUT2D eigenvalue weighted by Crippen LogP contribution is -2.13. The molecule has 20 heavy (non-hydrogen) atoms. The maximum Gasteiger partial charge on any atom is 0.271 e. The van der Waals surface area contributed by atoms with Crippen molar-refractivity contribution in [2.45, 2.75) is 0 Å². The van der Waals surface area contributed by atoms with Crippen LogP contribution in [0.5, 0.6) is 0 Å². The fourth-order valence-electron chi connectivity index (χ4n) is 2.06. The van der Waals surface area contributed by atoms with Crippen LogP contribution >= 0.6 is 0 Å². The molecule has 1 aromatic heterocycles. The van der Waals surface area contributed by atoms with Crippen LogP contribution in [0.1, 0.15) is 10.4 Å². The molecular weight excluding hydrogens is 252 g/mol. The zero-order valence-corrected chi connectivity index (χ0v) is 10.6. The van der Waals surface area contributed by atoms with Crippen LogP contribution in [0.25, 0.3) is 16.9 Å². The van der Waals surface area contributed by atoms with Gasteiger partial charge in [-0.15, -0.1) is 0 Å². The summed E-state index contributed by atoms with van der Waals surface area (Å²) in [5, 5.41) is 3.07. The van der Waals surface area contributed by atoms with Crippen LogP contribution in [0.15, 0.2) is 65.5 Å². The quantitative estimate of drug-likeness (QED) is 0.739. The molecule has 0 spiro atoms. The summed E-state index contributed by atoms with van der Waals surface area (Å²) in [6.07, 6.45) is 0.774. The van der Waals surface area contributed by atoms with E-state index in [0.717, 1.165) is 17.5 Å². The first-order valence-electron chi connectivity index (χ1n) is 6.21. The van der Waals surface area contributed by atoms with Crippen LogP contribution in [0.2, 0.25) is 0 Å². The van der Waals surface area contributed by atoms with Gasteiger partial charge in [0.1, 0.15) is 6.29 Å². The molecule has 1 N–H and O–H groups in total. The molecule has 0 aliphatic heterocycles. The first kappa shape index (κ1) is 12.2. The van der Waals surface area contributed by atoms with Crippen LogP contribution in [0, 0.1) is 0 Å². The molecule has 3 aromatic rings. The molecule has 0 fully saturated rings. The van der Waals surface area contributed by atoms with Crippen molar-refractivity contribution in [3.05, 3.63) is 76.6 Å². The normalized spacial score (nSPS) is 10.4. The number of carbonyl (C=O) groups is 1. The van der Waals surface area contributed by atoms with E-state index in [-0.39, 0.29) is 5.56 Å². The van der Waals surface area contributed by atoms with Crippen LogP contribution in [-0.4, -0.2) is 16.1 Å². The van der Waals surface area contributed by atoms with Crippen molar-refractivity contribution in [1.29, 1.82) is 0 Å². The van der Waals surface area contributed by atoms with Gasteiger partial charge in [-0.1, -0.05) is 30.3 Å². The van der Waals surface area contributed by atoms with E-state index >= 15 is 0 Å². The Labute approximate surface area is 115 Å². The van der Waals surface area contributed by atoms with Crippen LogP contribution in [0.4, 0.5) is 0 Å². The standard InChI is InChI=1S/C16H12N2O2/c19-11-12-6-8-14(9-7-12)18-16(20)10-15(17-18)13-4-2-1-3-5-13/h1-11,17H. The second-order valence-electron chi connectivity index (χ2n) is 4.42. The Morgan fingerprint density at radius 1 is 0.950 bits per heavy atom. The van der Waals surface area contributed by atoms with Crippen molar-refractivity contribution in [3.8, 4) is 16.9 Å². The van der Waals surface area contributed by atoms with Crippen LogP contribution in [-0.2, 0) is 0 Å². The lowest BCUT2D eigenvalue weighted by Gasteiger charge is -2.02. The van der Waals surface area contributed by atoms with E-state index in [9.17, 15) is 9.59 Å². The number of rotatable bonds is 3. The van der Waals surface area contributed by atoms with Crippen LogP contribution < -0.4 is 5.56 Å². The lowest BCUT2D eigenvalue weighted by molar-refractivity contribution is 0.112. The predicted molar refractivity (Wildman–Crippen MR) is 77.2 cm³/mol. The monoisotopic (exact) mass is 264 g/mol. The topological polar surface area (TPSA) is 54.9 Å². The summed E-state index contributed by atoms with van der Waals surface area (Å²) in [7, 11) is 0. The average Bonchev–Trinajstić information content (AvgIpc) is 2.90. The third-order valence-corrected chi connectivity index (χ3v) is 3.09. The Balaban J connectivity index is 2.04. The highest BCUT2D eigenvalue weighted by atomic mass is 16.1. The van der Waals surface area contributed by atoms with Gasteiger partial charge in [0, 0.05) is 11.6 Å². The van der Waals surface area contributed by atoms with E-state index in [1.165, 1.54) is 4.68 Å². The number of hydrogen-bond acceptors (Lipinski definition) is 2. The van der Waals surface area contributed by atoms with Gasteiger partial charge < -0.3 is 0 Å². The zero-order chi connectivity index (χ0) is 13.9. The number of aromatic nitrogens is 2. The summed E-state index contributed by atoms with van der Waals surface area (Å²) in [6, 6.07) is 18.0. The Bertz CT molecular complexity index is 783. The minimum atomic E-state index is -0.136. The van der Waals surface area contributed by atoms with Crippen molar-refractivity contribution >= 4 is 6.29 Å². The molecule has 98 valence electrons. The number of nitrogens with zero attached hydrogens (tertiary/aromatic N) is 1. The van der Waals surface area contributed by atoms with E-state index in [1.54, 1.807) is 30.3 Å². The highest BCUT2D eigenvalue weighted by Crippen LogP contribution is 2.15. The number of nitrogens with one attached hydrogen (secondary N) is 1. The first-order chi connectivity index (χ1) is 9.78. The third-order valence-electron chi connectivity index (χ3n) is 3.09. The van der Waals surface area contributed by atoms with E-state index < -0.39 is 0 Å². The molecule has 0 amide bonds. The van der Waals surface area contributed by atoms with Crippen molar-refractivity contribution in [1.82, 2.24) is 9.78 Å². The van der Waals surface area contributed by atoms with Gasteiger partial charge in [0.2, 0.25) is 0 Å². The Morgan fingerprint density at radius 2 is 1.65 bits per heavy atom. The second-order valence-corrected chi connectivity index (χ2v) is 4.42. The van der Waals surface area contributed by atoms with Gasteiger partial charge in [0.15, 0.2) is 0 Å². The molecule has 0 unspecified atom stereocenters. The number of benzene rings is 2. The minimum Gasteiger partial charge on any atom is -0.298 e. The largest absolute Gasteiger partial charge is 0.298 e. The van der Waals surface area contributed by atoms with E-state index in [2.05, 4.69) is 5.10 Å². The fourth-order valence-corrected chi connectivity index (χ4v) is 2.06. The Morgan fingerprint density at radius 3 is 2.30 bits per heavy atom. The first-order valence-corrected chi connectivity index (χ1v) is 6.21. The molecule has 0 saturated heterocycles. The Kier molecular flexibility index (Phi) is 3.05. The summed E-state index contributed by atoms with van der Waals surface area (Å²) in [5.41, 5.74) is 2.85. The molecule has 0 bridgehead atoms. The van der Waals surface area contributed by atoms with E-state index in [0.29, 0.717) is 11.3 Å². The third kappa shape index (κ3) is 2.19. The fraction of sp³-hybridized carbons (Fsp3) is 0. The summed E-state index contributed by atoms with van der Waals surface area (Å²) < 4.78 is 1.46. The molecule has 0 aliphatic carbocycles. The molecule has 3 rings (SSSR count). The smallest absolute Gasteiger partial charge is 0.271 e. The lowest BCUT2D eigenvalue weighted by atomic mass is 10.2. The van der Waals surface area contributed by atoms with Crippen molar-refractivity contribution < 1.29 is 4.79 Å². The van der Waals surface area contributed by atoms with Gasteiger partial charge in [-0.3, -0.25) is 14.7 Å². The Hall–Kier alpha value is -2.88. The molecule has 4 nitrogen and oxygen atoms in total. The minimum absolute atomic E-state index is 0.136. The molecule has 0 radical (unpaired) electrons. The van der Waals surface area contributed by atoms with Crippen molar-refractivity contribution in [3.63, 3.8) is 0 Å². The number of aromatic amines is 1. The average molecular weight is 264 g/mol. The summed E-state index contributed by atoms with van der Waals surface area (Å²) >= 11 is 0. The van der Waals surface area contributed by atoms with Gasteiger partial charge in [-0.25, -0.2) is 4.68 Å². The molecule has 1 heterocycles. The maximum absolute atomic E-state index is 12.0. The molecule has 2 aromatic carbocycles. The SMILES string of the molecule is O=Cc1ccc(-n2[nH]c(-c3ccccc3)cc2=O)cc1. The van der Waals surface area contributed by atoms with Gasteiger partial charge in [0.05, 0.1) is 11.4 Å². The second kappa shape index (κ2) is 5.01. The number of aldehydes is 1.